The minimum Gasteiger partial charge on any atom is -0.494 e. The molecular weight excluding hydrogens is 438 g/mol. The molecule has 0 amide bonds. The van der Waals surface area contributed by atoms with Crippen LogP contribution in [0.3, 0.4) is 0 Å². The van der Waals surface area contributed by atoms with Crippen molar-refractivity contribution in [1.29, 1.82) is 0 Å². The number of nitrogens with two attached hydrogens (primary N) is 1. The summed E-state index contributed by atoms with van der Waals surface area (Å²) in [7, 11) is 7.97. The zero-order chi connectivity index (χ0) is 24.7. The molecule has 4 aromatic rings. The largest absolute Gasteiger partial charge is 0.494 e. The Balaban J connectivity index is 1.47. The maximum Gasteiger partial charge on any atom is 0.227 e. The van der Waals surface area contributed by atoms with Crippen molar-refractivity contribution in [2.24, 2.45) is 7.05 Å². The van der Waals surface area contributed by atoms with Crippen LogP contribution in [0.4, 0.5) is 23.0 Å². The van der Waals surface area contributed by atoms with Crippen molar-refractivity contribution in [3.8, 4) is 17.0 Å². The second-order valence-corrected chi connectivity index (χ2v) is 9.48. The Kier molecular flexibility index (Phi) is 5.98. The first kappa shape index (κ1) is 23.0. The molecule has 0 spiro atoms. The van der Waals surface area contributed by atoms with Gasteiger partial charge in [-0.1, -0.05) is 18.2 Å². The highest BCUT2D eigenvalue weighted by atomic mass is 16.5. The van der Waals surface area contributed by atoms with Crippen molar-refractivity contribution in [2.75, 3.05) is 50.2 Å². The number of anilines is 4. The van der Waals surface area contributed by atoms with Crippen molar-refractivity contribution >= 4 is 33.9 Å². The Labute approximate surface area is 206 Å². The van der Waals surface area contributed by atoms with Gasteiger partial charge in [0.2, 0.25) is 5.95 Å². The van der Waals surface area contributed by atoms with Crippen LogP contribution in [0.2, 0.25) is 0 Å². The second-order valence-electron chi connectivity index (χ2n) is 9.48. The van der Waals surface area contributed by atoms with Gasteiger partial charge in [0, 0.05) is 61.1 Å². The molecule has 0 bridgehead atoms. The summed E-state index contributed by atoms with van der Waals surface area (Å²) in [4.78, 5) is 14.0. The van der Waals surface area contributed by atoms with Crippen LogP contribution in [0, 0.1) is 6.92 Å². The van der Waals surface area contributed by atoms with Crippen molar-refractivity contribution in [2.45, 2.75) is 19.4 Å². The van der Waals surface area contributed by atoms with E-state index in [1.807, 2.05) is 25.3 Å². The molecule has 3 N–H and O–H groups in total. The molecule has 0 saturated carbocycles. The third-order valence-electron chi connectivity index (χ3n) is 6.95. The van der Waals surface area contributed by atoms with E-state index in [0.717, 1.165) is 53.1 Å². The average Bonchev–Trinajstić information content (AvgIpc) is 3.46. The van der Waals surface area contributed by atoms with Crippen LogP contribution in [0.15, 0.2) is 48.8 Å². The number of methoxy groups -OCH3 is 1. The van der Waals surface area contributed by atoms with Gasteiger partial charge in [0.25, 0.3) is 0 Å². The van der Waals surface area contributed by atoms with Gasteiger partial charge in [-0.05, 0) is 45.1 Å². The number of nitrogens with zero attached hydrogens (tertiary/aromatic N) is 5. The molecule has 8 heteroatoms. The lowest BCUT2D eigenvalue weighted by Gasteiger charge is -2.24. The molecule has 1 saturated heterocycles. The molecule has 1 aliphatic heterocycles. The van der Waals surface area contributed by atoms with E-state index in [0.29, 0.717) is 23.4 Å². The van der Waals surface area contributed by atoms with E-state index < -0.39 is 0 Å². The van der Waals surface area contributed by atoms with E-state index in [4.69, 9.17) is 15.5 Å². The molecule has 0 unspecified atom stereocenters. The van der Waals surface area contributed by atoms with Gasteiger partial charge in [0.1, 0.15) is 5.75 Å². The summed E-state index contributed by atoms with van der Waals surface area (Å²) in [5, 5.41) is 4.50. The second kappa shape index (κ2) is 9.11. The lowest BCUT2D eigenvalue weighted by Crippen LogP contribution is -2.31. The van der Waals surface area contributed by atoms with Crippen LogP contribution in [0.1, 0.15) is 12.0 Å². The number of hydrogen-bond acceptors (Lipinski definition) is 7. The number of likely N-dealkylation sites (N-methyl/N-ethyl adjacent to an activating group) is 1. The van der Waals surface area contributed by atoms with Gasteiger partial charge < -0.3 is 30.2 Å². The van der Waals surface area contributed by atoms with Gasteiger partial charge in [-0.15, -0.1) is 0 Å². The minimum absolute atomic E-state index is 0.498. The Morgan fingerprint density at radius 1 is 1.20 bits per heavy atom. The third-order valence-corrected chi connectivity index (χ3v) is 6.95. The number of para-hydroxylation sites is 1. The Hall–Kier alpha value is -3.78. The lowest BCUT2D eigenvalue weighted by atomic mass is 10.1. The predicted octanol–water partition coefficient (Wildman–Crippen LogP) is 4.42. The van der Waals surface area contributed by atoms with Gasteiger partial charge in [-0.25, -0.2) is 9.97 Å². The van der Waals surface area contributed by atoms with Crippen LogP contribution in [-0.2, 0) is 7.05 Å². The molecule has 2 aromatic heterocycles. The maximum absolute atomic E-state index is 6.52. The quantitative estimate of drug-likeness (QED) is 0.403. The molecule has 1 aliphatic rings. The first-order chi connectivity index (χ1) is 16.9. The van der Waals surface area contributed by atoms with E-state index in [-0.39, 0.29) is 0 Å². The fraction of sp³-hybridized carbons (Fsp3) is 0.333. The number of benzene rings is 2. The minimum atomic E-state index is 0.498. The highest BCUT2D eigenvalue weighted by Crippen LogP contribution is 2.38. The average molecular weight is 472 g/mol. The van der Waals surface area contributed by atoms with Gasteiger partial charge in [-0.3, -0.25) is 0 Å². The number of rotatable bonds is 6. The molecule has 2 aromatic carbocycles. The van der Waals surface area contributed by atoms with Crippen LogP contribution < -0.4 is 20.7 Å². The van der Waals surface area contributed by atoms with Gasteiger partial charge in [0.15, 0.2) is 0 Å². The SMILES string of the molecule is COc1cc(N2CC[C@@H](N(C)C)C2)c(N)cc1Nc1ncc(C)c(-c2cn(C)c3ccccc23)n1. The van der Waals surface area contributed by atoms with Crippen LogP contribution in [-0.4, -0.2) is 59.8 Å². The monoisotopic (exact) mass is 471 g/mol. The summed E-state index contributed by atoms with van der Waals surface area (Å²) in [5.41, 5.74) is 13.1. The smallest absolute Gasteiger partial charge is 0.227 e. The summed E-state index contributed by atoms with van der Waals surface area (Å²) in [6, 6.07) is 12.8. The lowest BCUT2D eigenvalue weighted by molar-refractivity contribution is 0.315. The molecule has 5 rings (SSSR count). The topological polar surface area (TPSA) is 84.5 Å². The molecule has 8 nitrogen and oxygen atoms in total. The normalized spacial score (nSPS) is 15.8. The first-order valence-corrected chi connectivity index (χ1v) is 11.9. The molecule has 35 heavy (non-hydrogen) atoms. The van der Waals surface area contributed by atoms with Crippen LogP contribution >= 0.6 is 0 Å². The molecule has 0 radical (unpaired) electrons. The Bertz CT molecular complexity index is 1380. The van der Waals surface area contributed by atoms with Crippen molar-refractivity contribution < 1.29 is 4.74 Å². The van der Waals surface area contributed by atoms with E-state index in [2.05, 4.69) is 76.3 Å². The molecule has 182 valence electrons. The maximum atomic E-state index is 6.52. The summed E-state index contributed by atoms with van der Waals surface area (Å²) < 4.78 is 7.86. The standard InChI is InChI=1S/C27H33N7O/c1-17-14-29-27(31-26(17)20-16-33(4)23-9-7-6-8-19(20)23)30-22-12-21(28)24(13-25(22)35-5)34-11-10-18(15-34)32(2)3/h6-9,12-14,16,18H,10-11,15,28H2,1-5H3,(H,29,30,31)/t18-/m1/s1. The van der Waals surface area contributed by atoms with E-state index in [1.165, 1.54) is 5.52 Å². The first-order valence-electron chi connectivity index (χ1n) is 11.9. The predicted molar refractivity (Wildman–Crippen MR) is 144 cm³/mol. The van der Waals surface area contributed by atoms with Crippen molar-refractivity contribution in [3.05, 3.63) is 54.4 Å². The van der Waals surface area contributed by atoms with Crippen LogP contribution in [0.25, 0.3) is 22.2 Å². The summed E-state index contributed by atoms with van der Waals surface area (Å²) in [6.45, 7) is 3.95. The third kappa shape index (κ3) is 4.25. The van der Waals surface area contributed by atoms with E-state index in [9.17, 15) is 0 Å². The number of ether oxygens (including phenoxy) is 1. The van der Waals surface area contributed by atoms with Crippen molar-refractivity contribution in [3.63, 3.8) is 0 Å². The Morgan fingerprint density at radius 2 is 2.00 bits per heavy atom. The number of hydrogen-bond donors (Lipinski definition) is 2. The molecule has 3 heterocycles. The molecule has 1 fully saturated rings. The zero-order valence-electron chi connectivity index (χ0n) is 21.0. The number of nitrogens with one attached hydrogen (secondary N) is 1. The molecule has 0 aliphatic carbocycles. The summed E-state index contributed by atoms with van der Waals surface area (Å²) >= 11 is 0. The molecule has 1 atom stereocenters. The van der Waals surface area contributed by atoms with Crippen LogP contribution in [0.5, 0.6) is 5.75 Å². The fourth-order valence-corrected chi connectivity index (χ4v) is 4.93. The highest BCUT2D eigenvalue weighted by molar-refractivity contribution is 5.96. The van der Waals surface area contributed by atoms with Gasteiger partial charge in [0.05, 0.1) is 29.9 Å². The number of aryl methyl sites for hydroxylation is 2. The summed E-state index contributed by atoms with van der Waals surface area (Å²) in [6.07, 6.45) is 5.08. The Morgan fingerprint density at radius 3 is 2.74 bits per heavy atom. The van der Waals surface area contributed by atoms with Gasteiger partial charge in [-0.2, -0.15) is 0 Å². The number of nitrogen functional groups attached to an aromatic ring is 1. The fourth-order valence-electron chi connectivity index (χ4n) is 4.93. The van der Waals surface area contributed by atoms with E-state index in [1.54, 1.807) is 7.11 Å². The highest BCUT2D eigenvalue weighted by Gasteiger charge is 2.26. The number of fused-ring (bicyclic) bond motifs is 1. The molecular formula is C27H33N7O. The van der Waals surface area contributed by atoms with Gasteiger partial charge >= 0.3 is 0 Å². The summed E-state index contributed by atoms with van der Waals surface area (Å²) in [5.74, 6) is 1.20. The van der Waals surface area contributed by atoms with Crippen molar-refractivity contribution in [1.82, 2.24) is 19.4 Å². The zero-order valence-corrected chi connectivity index (χ0v) is 21.0. The van der Waals surface area contributed by atoms with E-state index >= 15 is 0 Å². The number of aromatic nitrogens is 3.